The lowest BCUT2D eigenvalue weighted by Gasteiger charge is -2.04. The molecule has 0 aliphatic carbocycles. The summed E-state index contributed by atoms with van der Waals surface area (Å²) in [7, 11) is 0. The van der Waals surface area contributed by atoms with Gasteiger partial charge in [0.2, 0.25) is 0 Å². The van der Waals surface area contributed by atoms with Crippen LogP contribution in [0.1, 0.15) is 71.1 Å². The van der Waals surface area contributed by atoms with E-state index < -0.39 is 0 Å². The number of hydrogen-bond acceptors (Lipinski definition) is 2. The Balaban J connectivity index is 1.52. The Labute approximate surface area is 128 Å². The van der Waals surface area contributed by atoms with Crippen molar-refractivity contribution in [3.63, 3.8) is 0 Å². The highest BCUT2D eigenvalue weighted by Gasteiger charge is 2.01. The van der Waals surface area contributed by atoms with E-state index >= 15 is 0 Å². The Bertz CT molecular complexity index is 504. The quantitative estimate of drug-likeness (QED) is 0.521. The van der Waals surface area contributed by atoms with Crippen molar-refractivity contribution in [1.82, 2.24) is 14.5 Å². The van der Waals surface area contributed by atoms with Crippen LogP contribution in [-0.2, 0) is 6.54 Å². The number of pyridine rings is 1. The van der Waals surface area contributed by atoms with Crippen LogP contribution in [0.15, 0.2) is 24.7 Å². The van der Waals surface area contributed by atoms with E-state index in [4.69, 9.17) is 0 Å². The molecule has 0 spiro atoms. The molecule has 21 heavy (non-hydrogen) atoms. The van der Waals surface area contributed by atoms with Crippen molar-refractivity contribution in [2.75, 3.05) is 0 Å². The largest absolute Gasteiger partial charge is 0.329 e. The van der Waals surface area contributed by atoms with Crippen LogP contribution in [0.5, 0.6) is 0 Å². The van der Waals surface area contributed by atoms with E-state index in [2.05, 4.69) is 27.5 Å². The average Bonchev–Trinajstić information content (AvgIpc) is 2.92. The van der Waals surface area contributed by atoms with Crippen LogP contribution >= 0.6 is 0 Å². The fourth-order valence-corrected chi connectivity index (χ4v) is 2.85. The number of aromatic nitrogens is 3. The molecule has 0 N–H and O–H groups in total. The van der Waals surface area contributed by atoms with Crippen molar-refractivity contribution < 1.29 is 0 Å². The number of nitrogens with zero attached hydrogens (tertiary/aromatic N) is 3. The lowest BCUT2D eigenvalue weighted by atomic mass is 10.1. The second kappa shape index (κ2) is 9.54. The molecule has 2 aromatic rings. The van der Waals surface area contributed by atoms with Crippen molar-refractivity contribution in [1.29, 1.82) is 0 Å². The van der Waals surface area contributed by atoms with E-state index in [1.54, 1.807) is 6.20 Å². The molecular formula is C18H29N3. The minimum absolute atomic E-state index is 0.865. The van der Waals surface area contributed by atoms with E-state index in [0.717, 1.165) is 17.7 Å². The van der Waals surface area contributed by atoms with Gasteiger partial charge in [-0.2, -0.15) is 0 Å². The maximum absolute atomic E-state index is 4.33. The van der Waals surface area contributed by atoms with Gasteiger partial charge >= 0.3 is 0 Å². The number of imidazole rings is 1. The summed E-state index contributed by atoms with van der Waals surface area (Å²) >= 11 is 0. The summed E-state index contributed by atoms with van der Waals surface area (Å²) in [4.78, 5) is 8.60. The van der Waals surface area contributed by atoms with Crippen LogP contribution in [0.3, 0.4) is 0 Å². The van der Waals surface area contributed by atoms with Crippen molar-refractivity contribution in [3.8, 4) is 0 Å². The molecule has 0 saturated heterocycles. The van der Waals surface area contributed by atoms with Crippen molar-refractivity contribution in [2.45, 2.75) is 77.7 Å². The summed E-state index contributed by atoms with van der Waals surface area (Å²) in [6, 6.07) is 4.09. The minimum atomic E-state index is 0.865. The zero-order chi connectivity index (χ0) is 14.8. The molecule has 0 fully saturated rings. The topological polar surface area (TPSA) is 30.7 Å². The molecule has 2 heterocycles. The van der Waals surface area contributed by atoms with Gasteiger partial charge in [0.05, 0.1) is 11.8 Å². The Kier molecular flexibility index (Phi) is 7.27. The molecule has 0 saturated carbocycles. The first kappa shape index (κ1) is 16.0. The number of aryl methyl sites for hydroxylation is 1. The smallest absolute Gasteiger partial charge is 0.177 e. The van der Waals surface area contributed by atoms with Crippen LogP contribution in [0, 0.1) is 0 Å². The summed E-state index contributed by atoms with van der Waals surface area (Å²) < 4.78 is 2.23. The molecule has 0 bridgehead atoms. The molecule has 0 amide bonds. The minimum Gasteiger partial charge on any atom is -0.329 e. The van der Waals surface area contributed by atoms with Gasteiger partial charge in [0.15, 0.2) is 5.65 Å². The Morgan fingerprint density at radius 1 is 0.857 bits per heavy atom. The maximum atomic E-state index is 4.33. The lowest BCUT2D eigenvalue weighted by Crippen LogP contribution is -1.96. The fraction of sp³-hybridized carbons (Fsp3) is 0.667. The van der Waals surface area contributed by atoms with E-state index in [9.17, 15) is 0 Å². The monoisotopic (exact) mass is 287 g/mol. The predicted molar refractivity (Wildman–Crippen MR) is 89.4 cm³/mol. The highest BCUT2D eigenvalue weighted by Crippen LogP contribution is 2.13. The predicted octanol–water partition coefficient (Wildman–Crippen LogP) is 5.35. The molecule has 2 rings (SSSR count). The molecule has 3 nitrogen and oxygen atoms in total. The molecule has 0 aromatic carbocycles. The first-order chi connectivity index (χ1) is 10.4. The van der Waals surface area contributed by atoms with Gasteiger partial charge in [-0.15, -0.1) is 0 Å². The molecule has 3 heteroatoms. The van der Waals surface area contributed by atoms with Crippen LogP contribution in [0.2, 0.25) is 0 Å². The number of hydrogen-bond donors (Lipinski definition) is 0. The van der Waals surface area contributed by atoms with Crippen molar-refractivity contribution in [2.24, 2.45) is 0 Å². The molecule has 0 aliphatic heterocycles. The zero-order valence-corrected chi connectivity index (χ0v) is 13.4. The van der Waals surface area contributed by atoms with Gasteiger partial charge in [-0.1, -0.05) is 64.7 Å². The second-order valence-electron chi connectivity index (χ2n) is 5.97. The molecule has 0 unspecified atom stereocenters. The fourth-order valence-electron chi connectivity index (χ4n) is 2.85. The van der Waals surface area contributed by atoms with Gasteiger partial charge in [-0.25, -0.2) is 9.97 Å². The normalized spacial score (nSPS) is 11.3. The summed E-state index contributed by atoms with van der Waals surface area (Å²) in [5, 5.41) is 0. The third kappa shape index (κ3) is 5.49. The first-order valence-corrected chi connectivity index (χ1v) is 8.67. The Morgan fingerprint density at radius 2 is 1.52 bits per heavy atom. The van der Waals surface area contributed by atoms with Crippen LogP contribution < -0.4 is 0 Å². The van der Waals surface area contributed by atoms with Gasteiger partial charge in [0, 0.05) is 12.7 Å². The first-order valence-electron chi connectivity index (χ1n) is 8.67. The van der Waals surface area contributed by atoms with Crippen molar-refractivity contribution >= 4 is 11.2 Å². The van der Waals surface area contributed by atoms with Gasteiger partial charge in [-0.05, 0) is 18.6 Å². The van der Waals surface area contributed by atoms with Gasteiger partial charge in [0.1, 0.15) is 0 Å². The number of rotatable bonds is 11. The maximum Gasteiger partial charge on any atom is 0.177 e. The average molecular weight is 287 g/mol. The third-order valence-electron chi connectivity index (χ3n) is 4.15. The number of unbranched alkanes of at least 4 members (excludes halogenated alkanes) is 9. The summed E-state index contributed by atoms with van der Waals surface area (Å²) in [6.07, 6.45) is 17.5. The number of fused-ring (bicyclic) bond motifs is 1. The van der Waals surface area contributed by atoms with E-state index in [-0.39, 0.29) is 0 Å². The third-order valence-corrected chi connectivity index (χ3v) is 4.15. The Morgan fingerprint density at radius 3 is 2.24 bits per heavy atom. The molecule has 0 radical (unpaired) electrons. The highest BCUT2D eigenvalue weighted by atomic mass is 15.1. The van der Waals surface area contributed by atoms with Gasteiger partial charge < -0.3 is 4.57 Å². The molecule has 0 atom stereocenters. The standard InChI is InChI=1S/C18H29N3/c1-2-3-4-5-6-7-8-9-10-11-15-21-16-20-18-17(21)13-12-14-19-18/h12-14,16H,2-11,15H2,1H3. The lowest BCUT2D eigenvalue weighted by molar-refractivity contribution is 0.538. The van der Waals surface area contributed by atoms with Crippen LogP contribution in [0.25, 0.3) is 11.2 Å². The van der Waals surface area contributed by atoms with E-state index in [0.29, 0.717) is 0 Å². The Hall–Kier alpha value is -1.38. The van der Waals surface area contributed by atoms with E-state index in [1.807, 2.05) is 12.4 Å². The highest BCUT2D eigenvalue weighted by molar-refractivity contribution is 5.70. The van der Waals surface area contributed by atoms with E-state index in [1.165, 1.54) is 64.2 Å². The molecular weight excluding hydrogens is 258 g/mol. The zero-order valence-electron chi connectivity index (χ0n) is 13.4. The molecule has 116 valence electrons. The van der Waals surface area contributed by atoms with Crippen molar-refractivity contribution in [3.05, 3.63) is 24.7 Å². The van der Waals surface area contributed by atoms with Crippen LogP contribution in [0.4, 0.5) is 0 Å². The second-order valence-corrected chi connectivity index (χ2v) is 5.97. The summed E-state index contributed by atoms with van der Waals surface area (Å²) in [5.41, 5.74) is 2.03. The molecule has 2 aromatic heterocycles. The molecule has 0 aliphatic rings. The SMILES string of the molecule is CCCCCCCCCCCCn1cnc2ncccc21. The summed E-state index contributed by atoms with van der Waals surface area (Å²) in [5.74, 6) is 0. The van der Waals surface area contributed by atoms with Gasteiger partial charge in [0.25, 0.3) is 0 Å². The van der Waals surface area contributed by atoms with Gasteiger partial charge in [-0.3, -0.25) is 0 Å². The summed E-state index contributed by atoms with van der Waals surface area (Å²) in [6.45, 7) is 3.35. The van der Waals surface area contributed by atoms with Crippen LogP contribution in [-0.4, -0.2) is 14.5 Å².